The van der Waals surface area contributed by atoms with Gasteiger partial charge in [0.1, 0.15) is 0 Å². The van der Waals surface area contributed by atoms with Gasteiger partial charge in [0.2, 0.25) is 5.91 Å². The molecule has 0 aliphatic heterocycles. The van der Waals surface area contributed by atoms with Crippen molar-refractivity contribution in [2.45, 2.75) is 32.6 Å². The van der Waals surface area contributed by atoms with Crippen LogP contribution >= 0.6 is 0 Å². The van der Waals surface area contributed by atoms with Crippen LogP contribution < -0.4 is 5.43 Å². The number of hydrogen-bond donors (Lipinski definition) is 2. The average molecular weight is 184 g/mol. The number of aliphatic hydroxyl groups excluding tert-OH is 1. The molecule has 1 unspecified atom stereocenters. The van der Waals surface area contributed by atoms with Gasteiger partial charge in [0.05, 0.1) is 13.0 Å². The summed E-state index contributed by atoms with van der Waals surface area (Å²) >= 11 is 0. The lowest BCUT2D eigenvalue weighted by Gasteiger charge is -2.03. The number of amides is 1. The zero-order chi connectivity index (χ0) is 9.68. The van der Waals surface area contributed by atoms with E-state index in [9.17, 15) is 4.79 Å². The minimum Gasteiger partial charge on any atom is -0.396 e. The molecule has 0 radical (unpaired) electrons. The molecule has 13 heavy (non-hydrogen) atoms. The highest BCUT2D eigenvalue weighted by Crippen LogP contribution is 2.21. The fourth-order valence-corrected chi connectivity index (χ4v) is 1.46. The summed E-state index contributed by atoms with van der Waals surface area (Å²) in [6.45, 7) is 2.00. The van der Waals surface area contributed by atoms with Gasteiger partial charge in [0.15, 0.2) is 0 Å². The van der Waals surface area contributed by atoms with Crippen LogP contribution in [0.3, 0.4) is 0 Å². The monoisotopic (exact) mass is 184 g/mol. The first kappa shape index (κ1) is 10.2. The van der Waals surface area contributed by atoms with E-state index in [2.05, 4.69) is 17.5 Å². The van der Waals surface area contributed by atoms with E-state index >= 15 is 0 Å². The zero-order valence-corrected chi connectivity index (χ0v) is 7.92. The number of rotatable bonds is 3. The van der Waals surface area contributed by atoms with E-state index in [4.69, 9.17) is 5.11 Å². The lowest BCUT2D eigenvalue weighted by molar-refractivity contribution is -0.121. The molecule has 4 nitrogen and oxygen atoms in total. The number of carbonyl (C=O) groups excluding carboxylic acids is 1. The van der Waals surface area contributed by atoms with Crippen LogP contribution in [0.5, 0.6) is 0 Å². The molecule has 0 saturated heterocycles. The van der Waals surface area contributed by atoms with E-state index in [0.717, 1.165) is 25.0 Å². The van der Waals surface area contributed by atoms with Crippen molar-refractivity contribution < 1.29 is 9.90 Å². The first-order valence-electron chi connectivity index (χ1n) is 4.70. The van der Waals surface area contributed by atoms with E-state index in [1.54, 1.807) is 0 Å². The Morgan fingerprint density at radius 2 is 2.54 bits per heavy atom. The van der Waals surface area contributed by atoms with Crippen molar-refractivity contribution in [3.8, 4) is 0 Å². The number of hydrogen-bond acceptors (Lipinski definition) is 3. The van der Waals surface area contributed by atoms with Crippen molar-refractivity contribution in [3.63, 3.8) is 0 Å². The molecule has 1 atom stereocenters. The molecule has 1 amide bonds. The fraction of sp³-hybridized carbons (Fsp3) is 0.778. The van der Waals surface area contributed by atoms with Gasteiger partial charge in [-0.3, -0.25) is 4.79 Å². The van der Waals surface area contributed by atoms with Crippen LogP contribution in [0.15, 0.2) is 5.10 Å². The Balaban J connectivity index is 2.34. The topological polar surface area (TPSA) is 61.7 Å². The molecule has 2 N–H and O–H groups in total. The second-order valence-electron chi connectivity index (χ2n) is 3.41. The Morgan fingerprint density at radius 3 is 3.08 bits per heavy atom. The van der Waals surface area contributed by atoms with Crippen LogP contribution in [-0.2, 0) is 4.79 Å². The third-order valence-electron chi connectivity index (χ3n) is 2.30. The van der Waals surface area contributed by atoms with Crippen molar-refractivity contribution in [1.29, 1.82) is 0 Å². The van der Waals surface area contributed by atoms with Crippen LogP contribution in [0.1, 0.15) is 32.6 Å². The molecule has 1 saturated carbocycles. The van der Waals surface area contributed by atoms with Crippen LogP contribution in [0.4, 0.5) is 0 Å². The maximum Gasteiger partial charge on any atom is 0.242 e. The maximum atomic E-state index is 10.9. The van der Waals surface area contributed by atoms with Crippen molar-refractivity contribution in [1.82, 2.24) is 5.43 Å². The number of nitrogens with zero attached hydrogens (tertiary/aromatic N) is 1. The molecule has 74 valence electrons. The van der Waals surface area contributed by atoms with Gasteiger partial charge in [-0.05, 0) is 25.2 Å². The highest BCUT2D eigenvalue weighted by Gasteiger charge is 2.17. The van der Waals surface area contributed by atoms with E-state index in [0.29, 0.717) is 5.92 Å². The van der Waals surface area contributed by atoms with E-state index < -0.39 is 0 Å². The Labute approximate surface area is 78.0 Å². The normalized spacial score (nSPS) is 25.1. The van der Waals surface area contributed by atoms with E-state index in [1.165, 1.54) is 0 Å². The zero-order valence-electron chi connectivity index (χ0n) is 7.92. The molecule has 0 aromatic rings. The maximum absolute atomic E-state index is 10.9. The van der Waals surface area contributed by atoms with Crippen LogP contribution in [0, 0.1) is 5.92 Å². The van der Waals surface area contributed by atoms with Gasteiger partial charge >= 0.3 is 0 Å². The standard InChI is InChI=1S/C9H16N2O2/c1-7-3-2-4-8(7)10-11-9(13)5-6-12/h7,12H,2-6H2,1H3,(H,11,13)/b10-8+. The Bertz CT molecular complexity index is 214. The molecule has 0 aromatic heterocycles. The first-order chi connectivity index (χ1) is 6.24. The summed E-state index contributed by atoms with van der Waals surface area (Å²) in [7, 11) is 0. The highest BCUT2D eigenvalue weighted by atomic mass is 16.3. The first-order valence-corrected chi connectivity index (χ1v) is 4.70. The molecule has 1 rings (SSSR count). The smallest absolute Gasteiger partial charge is 0.242 e. The third-order valence-corrected chi connectivity index (χ3v) is 2.30. The molecule has 0 bridgehead atoms. The second-order valence-corrected chi connectivity index (χ2v) is 3.41. The minimum absolute atomic E-state index is 0.119. The van der Waals surface area contributed by atoms with Gasteiger partial charge in [-0.2, -0.15) is 5.10 Å². The van der Waals surface area contributed by atoms with Crippen molar-refractivity contribution >= 4 is 11.6 Å². The van der Waals surface area contributed by atoms with Crippen LogP contribution in [0.25, 0.3) is 0 Å². The Morgan fingerprint density at radius 1 is 1.77 bits per heavy atom. The van der Waals surface area contributed by atoms with Crippen LogP contribution in [-0.4, -0.2) is 23.3 Å². The molecular formula is C9H16N2O2. The highest BCUT2D eigenvalue weighted by molar-refractivity contribution is 5.89. The van der Waals surface area contributed by atoms with Gasteiger partial charge in [0, 0.05) is 5.71 Å². The van der Waals surface area contributed by atoms with Gasteiger partial charge in [0.25, 0.3) is 0 Å². The molecule has 0 heterocycles. The SMILES string of the molecule is CC1CCC/C1=N\NC(=O)CCO. The van der Waals surface area contributed by atoms with E-state index in [-0.39, 0.29) is 18.9 Å². The van der Waals surface area contributed by atoms with Crippen molar-refractivity contribution in [2.75, 3.05) is 6.61 Å². The molecule has 4 heteroatoms. The molecule has 1 fully saturated rings. The number of nitrogens with one attached hydrogen (secondary N) is 1. The third kappa shape index (κ3) is 3.14. The quantitative estimate of drug-likeness (QED) is 0.633. The number of aliphatic hydroxyl groups is 1. The number of hydrazone groups is 1. The summed E-state index contributed by atoms with van der Waals surface area (Å²) in [5.74, 6) is 0.281. The second kappa shape index (κ2) is 4.97. The van der Waals surface area contributed by atoms with Gasteiger partial charge in [-0.25, -0.2) is 5.43 Å². The Kier molecular flexibility index (Phi) is 3.89. The predicted molar refractivity (Wildman–Crippen MR) is 50.3 cm³/mol. The van der Waals surface area contributed by atoms with Crippen LogP contribution in [0.2, 0.25) is 0 Å². The van der Waals surface area contributed by atoms with Gasteiger partial charge < -0.3 is 5.11 Å². The summed E-state index contributed by atoms with van der Waals surface area (Å²) in [5, 5.41) is 12.5. The molecule has 1 aliphatic carbocycles. The molecule has 0 spiro atoms. The lowest BCUT2D eigenvalue weighted by Crippen LogP contribution is -2.21. The molecule has 0 aromatic carbocycles. The predicted octanol–water partition coefficient (Wildman–Crippen LogP) is 0.661. The largest absolute Gasteiger partial charge is 0.396 e. The average Bonchev–Trinajstić information content (AvgIpc) is 2.48. The van der Waals surface area contributed by atoms with E-state index in [1.807, 2.05) is 0 Å². The summed E-state index contributed by atoms with van der Waals surface area (Å²) in [6, 6.07) is 0. The summed E-state index contributed by atoms with van der Waals surface area (Å²) in [6.07, 6.45) is 3.44. The minimum atomic E-state index is -0.214. The molecular weight excluding hydrogens is 168 g/mol. The lowest BCUT2D eigenvalue weighted by atomic mass is 10.1. The van der Waals surface area contributed by atoms with Gasteiger partial charge in [-0.15, -0.1) is 0 Å². The molecule has 1 aliphatic rings. The van der Waals surface area contributed by atoms with Crippen molar-refractivity contribution in [3.05, 3.63) is 0 Å². The summed E-state index contributed by atoms with van der Waals surface area (Å²) in [5.41, 5.74) is 3.52. The van der Waals surface area contributed by atoms with Crippen molar-refractivity contribution in [2.24, 2.45) is 11.0 Å². The fourth-order valence-electron chi connectivity index (χ4n) is 1.46. The summed E-state index contributed by atoms with van der Waals surface area (Å²) in [4.78, 5) is 10.9. The summed E-state index contributed by atoms with van der Waals surface area (Å²) < 4.78 is 0. The Hall–Kier alpha value is -0.900. The van der Waals surface area contributed by atoms with Gasteiger partial charge in [-0.1, -0.05) is 6.92 Å². The number of carbonyl (C=O) groups is 1.